The van der Waals surface area contributed by atoms with E-state index in [9.17, 15) is 0 Å². The first-order chi connectivity index (χ1) is 19.5. The van der Waals surface area contributed by atoms with Gasteiger partial charge in [-0.15, -0.1) is 46.2 Å². The molecule has 0 spiro atoms. The summed E-state index contributed by atoms with van der Waals surface area (Å²) in [6.07, 6.45) is 11.1. The number of allylic oxidation sites excluding steroid dienone is 4. The summed E-state index contributed by atoms with van der Waals surface area (Å²) in [6.45, 7) is 13.7. The molecule has 3 heteroatoms. The Morgan fingerprint density at radius 1 is 0.698 bits per heavy atom. The van der Waals surface area contributed by atoms with Crippen LogP contribution < -0.4 is 24.8 Å². The van der Waals surface area contributed by atoms with E-state index in [-0.39, 0.29) is 35.6 Å². The topological polar surface area (TPSA) is 0 Å². The molecule has 0 aromatic heterocycles. The third-order valence-corrected chi connectivity index (χ3v) is 8.52. The fourth-order valence-electron chi connectivity index (χ4n) is 4.81. The van der Waals surface area contributed by atoms with Crippen molar-refractivity contribution < 1.29 is 49.0 Å². The SMILES string of the molecule is CC(C)(C)c1ccc2[cH-]c3ccc(C(C)(C)C)cc3c2c1.[C-]1=CC=CC1.[Cl-].[Cl-].[Zr+2]=[C](Cc1ccccc1)c1ccccc1. The Bertz CT molecular complexity index is 1570. The van der Waals surface area contributed by atoms with Crippen LogP contribution >= 0.6 is 0 Å². The van der Waals surface area contributed by atoms with Crippen LogP contribution in [0.5, 0.6) is 0 Å². The van der Waals surface area contributed by atoms with Crippen LogP contribution in [0.2, 0.25) is 0 Å². The Hall–Kier alpha value is -2.44. The van der Waals surface area contributed by atoms with Crippen molar-refractivity contribution in [3.8, 4) is 0 Å². The van der Waals surface area contributed by atoms with Crippen molar-refractivity contribution in [3.05, 3.63) is 150 Å². The Morgan fingerprint density at radius 3 is 1.58 bits per heavy atom. The van der Waals surface area contributed by atoms with Gasteiger partial charge in [0, 0.05) is 0 Å². The minimum atomic E-state index is 0. The van der Waals surface area contributed by atoms with Crippen molar-refractivity contribution in [1.82, 2.24) is 0 Å². The second kappa shape index (κ2) is 16.6. The predicted molar refractivity (Wildman–Crippen MR) is 177 cm³/mol. The number of benzene rings is 4. The molecule has 0 N–H and O–H groups in total. The van der Waals surface area contributed by atoms with Crippen LogP contribution in [0.15, 0.2) is 121 Å². The van der Waals surface area contributed by atoms with E-state index >= 15 is 0 Å². The van der Waals surface area contributed by atoms with Gasteiger partial charge in [0.05, 0.1) is 0 Å². The zero-order valence-corrected chi connectivity index (χ0v) is 30.2. The van der Waals surface area contributed by atoms with Gasteiger partial charge in [0.1, 0.15) is 0 Å². The van der Waals surface area contributed by atoms with Crippen LogP contribution in [0.1, 0.15) is 70.2 Å². The third-order valence-electron chi connectivity index (χ3n) is 7.37. The van der Waals surface area contributed by atoms with Gasteiger partial charge in [-0.25, -0.2) is 12.2 Å². The second-order valence-electron chi connectivity index (χ2n) is 12.8. The van der Waals surface area contributed by atoms with E-state index in [1.54, 1.807) is 0 Å². The predicted octanol–water partition coefficient (Wildman–Crippen LogP) is 4.62. The maximum absolute atomic E-state index is 2.99. The van der Waals surface area contributed by atoms with Gasteiger partial charge in [-0.3, -0.25) is 6.08 Å². The Kier molecular flexibility index (Phi) is 14.2. The summed E-state index contributed by atoms with van der Waals surface area (Å²) in [5.74, 6) is 0. The van der Waals surface area contributed by atoms with Crippen molar-refractivity contribution in [1.29, 1.82) is 0 Å². The summed E-state index contributed by atoms with van der Waals surface area (Å²) in [6, 6.07) is 37.4. The molecule has 0 fully saturated rings. The zero-order valence-electron chi connectivity index (χ0n) is 26.2. The van der Waals surface area contributed by atoms with E-state index in [2.05, 4.69) is 157 Å². The first-order valence-corrected chi connectivity index (χ1v) is 15.8. The van der Waals surface area contributed by atoms with Gasteiger partial charge >= 0.3 is 106 Å². The molecular weight excluding hydrogens is 643 g/mol. The monoisotopic (exact) mass is 682 g/mol. The molecule has 0 atom stereocenters. The molecule has 6 rings (SSSR count). The molecule has 5 aromatic rings. The molecule has 0 saturated heterocycles. The van der Waals surface area contributed by atoms with Crippen LogP contribution in [0.4, 0.5) is 0 Å². The second-order valence-corrected chi connectivity index (χ2v) is 14.2. The number of fused-ring (bicyclic) bond motifs is 3. The van der Waals surface area contributed by atoms with Gasteiger partial charge < -0.3 is 24.8 Å². The molecule has 0 radical (unpaired) electrons. The van der Waals surface area contributed by atoms with Gasteiger partial charge in [0.15, 0.2) is 0 Å². The van der Waals surface area contributed by atoms with Gasteiger partial charge in [-0.05, 0) is 10.8 Å². The standard InChI is InChI=1S/C21H25.C14H12.C5H5.2ClH.Zr/c1-20(2,3)16-9-7-14-11-15-8-10-17(21(4,5)6)13-19(15)18(14)12-16;1-3-7-13(8-4-1)11-12-14-9-5-2-6-10-14;1-2-4-5-3-1;;;/h7-13H,1-6H3;1-10H,11H2;1-3H,4H2;2*1H;/q-1;;-1;;;+2/p-2. The normalized spacial score (nSPS) is 12.0. The number of rotatable bonds is 3. The number of hydrogen-bond acceptors (Lipinski definition) is 0. The van der Waals surface area contributed by atoms with Crippen molar-refractivity contribution in [2.24, 2.45) is 0 Å². The summed E-state index contributed by atoms with van der Waals surface area (Å²) >= 11 is 1.50. The van der Waals surface area contributed by atoms with Crippen molar-refractivity contribution >= 4 is 24.8 Å². The molecule has 0 unspecified atom stereocenters. The van der Waals surface area contributed by atoms with Crippen LogP contribution in [-0.4, -0.2) is 3.21 Å². The fraction of sp³-hybridized carbons (Fsp3) is 0.250. The summed E-state index contributed by atoms with van der Waals surface area (Å²) < 4.78 is 1.51. The maximum atomic E-state index is 2.99. The zero-order chi connectivity index (χ0) is 29.5. The summed E-state index contributed by atoms with van der Waals surface area (Å²) in [4.78, 5) is 0. The summed E-state index contributed by atoms with van der Waals surface area (Å²) in [7, 11) is 0. The van der Waals surface area contributed by atoms with Crippen LogP contribution in [0.3, 0.4) is 0 Å². The molecule has 0 aliphatic heterocycles. The van der Waals surface area contributed by atoms with Gasteiger partial charge in [-0.1, -0.05) is 76.9 Å². The average Bonchev–Trinajstić information content (AvgIpc) is 3.65. The Labute approximate surface area is 286 Å². The first-order valence-electron chi connectivity index (χ1n) is 14.5. The molecule has 5 aromatic carbocycles. The number of halogens is 2. The molecule has 0 bridgehead atoms. The molecule has 0 amide bonds. The Morgan fingerprint density at radius 2 is 1.19 bits per heavy atom. The van der Waals surface area contributed by atoms with E-state index in [1.807, 2.05) is 12.2 Å². The molecule has 222 valence electrons. The summed E-state index contributed by atoms with van der Waals surface area (Å²) in [5.41, 5.74) is 5.97. The summed E-state index contributed by atoms with van der Waals surface area (Å²) in [5, 5.41) is 5.49. The average molecular weight is 685 g/mol. The third kappa shape index (κ3) is 10.6. The van der Waals surface area contributed by atoms with Crippen molar-refractivity contribution in [2.75, 3.05) is 0 Å². The number of hydrogen-bond donors (Lipinski definition) is 0. The van der Waals surface area contributed by atoms with E-state index in [0.717, 1.165) is 12.8 Å². The molecule has 0 saturated carbocycles. The molecule has 43 heavy (non-hydrogen) atoms. The van der Waals surface area contributed by atoms with E-state index < -0.39 is 0 Å². The van der Waals surface area contributed by atoms with Crippen LogP contribution in [-0.2, 0) is 41.5 Å². The Balaban J connectivity index is 0.000000256. The van der Waals surface area contributed by atoms with E-state index in [0.29, 0.717) is 0 Å². The van der Waals surface area contributed by atoms with Gasteiger partial charge in [0.25, 0.3) is 0 Å². The first kappa shape index (κ1) is 36.8. The molecular formula is C40H42Cl2Zr-2. The minimum absolute atomic E-state index is 0. The fourth-order valence-corrected chi connectivity index (χ4v) is 5.72. The van der Waals surface area contributed by atoms with Gasteiger partial charge in [0.2, 0.25) is 0 Å². The quantitative estimate of drug-likeness (QED) is 0.244. The van der Waals surface area contributed by atoms with Crippen LogP contribution in [0, 0.1) is 6.08 Å². The van der Waals surface area contributed by atoms with Crippen molar-refractivity contribution in [3.63, 3.8) is 0 Å². The molecule has 0 nitrogen and oxygen atoms in total. The van der Waals surface area contributed by atoms with Crippen LogP contribution in [0.25, 0.3) is 21.5 Å². The molecule has 0 heterocycles. The van der Waals surface area contributed by atoms with E-state index in [4.69, 9.17) is 0 Å². The van der Waals surface area contributed by atoms with Gasteiger partial charge in [-0.2, -0.15) is 6.08 Å². The molecule has 1 aliphatic rings. The van der Waals surface area contributed by atoms with E-state index in [1.165, 1.54) is 71.2 Å². The van der Waals surface area contributed by atoms with Crippen molar-refractivity contribution in [2.45, 2.75) is 65.2 Å². The molecule has 1 aliphatic carbocycles.